The van der Waals surface area contributed by atoms with Crippen molar-refractivity contribution in [3.63, 3.8) is 0 Å². The van der Waals surface area contributed by atoms with Gasteiger partial charge in [0, 0.05) is 19.5 Å². The summed E-state index contributed by atoms with van der Waals surface area (Å²) in [5.41, 5.74) is 1.15. The van der Waals surface area contributed by atoms with Crippen LogP contribution < -0.4 is 4.74 Å². The van der Waals surface area contributed by atoms with Crippen molar-refractivity contribution in [3.05, 3.63) is 29.8 Å². The molecule has 1 amide bonds. The van der Waals surface area contributed by atoms with Crippen LogP contribution in [0.3, 0.4) is 0 Å². The van der Waals surface area contributed by atoms with Crippen LogP contribution in [0.4, 0.5) is 0 Å². The number of carboxylic acid groups (broad SMARTS) is 1. The van der Waals surface area contributed by atoms with E-state index >= 15 is 0 Å². The van der Waals surface area contributed by atoms with Gasteiger partial charge < -0.3 is 14.7 Å². The molecule has 1 aliphatic heterocycles. The number of carboxylic acids is 1. The Kier molecular flexibility index (Phi) is 5.81. The van der Waals surface area contributed by atoms with Crippen LogP contribution in [0.2, 0.25) is 0 Å². The molecule has 0 spiro atoms. The third-order valence-corrected chi connectivity index (χ3v) is 4.02. The van der Waals surface area contributed by atoms with Gasteiger partial charge in [-0.05, 0) is 44.2 Å². The number of aryl methyl sites for hydroxylation is 1. The summed E-state index contributed by atoms with van der Waals surface area (Å²) in [4.78, 5) is 24.6. The van der Waals surface area contributed by atoms with E-state index in [9.17, 15) is 9.59 Å². The second-order valence-electron chi connectivity index (χ2n) is 5.88. The number of hydrogen-bond donors (Lipinski definition) is 1. The van der Waals surface area contributed by atoms with Crippen molar-refractivity contribution in [2.45, 2.75) is 32.6 Å². The topological polar surface area (TPSA) is 66.8 Å². The first-order valence-corrected chi connectivity index (χ1v) is 7.73. The van der Waals surface area contributed by atoms with Gasteiger partial charge in [-0.3, -0.25) is 9.59 Å². The maximum atomic E-state index is 12.2. The van der Waals surface area contributed by atoms with Crippen LogP contribution in [-0.4, -0.2) is 41.6 Å². The number of piperidine rings is 1. The smallest absolute Gasteiger partial charge is 0.303 e. The second-order valence-corrected chi connectivity index (χ2v) is 5.88. The van der Waals surface area contributed by atoms with Gasteiger partial charge >= 0.3 is 5.97 Å². The van der Waals surface area contributed by atoms with E-state index in [2.05, 4.69) is 0 Å². The molecule has 1 aromatic carbocycles. The molecule has 22 heavy (non-hydrogen) atoms. The molecule has 1 N–H and O–H groups in total. The fourth-order valence-corrected chi connectivity index (χ4v) is 2.73. The number of ether oxygens (including phenoxy) is 1. The summed E-state index contributed by atoms with van der Waals surface area (Å²) >= 11 is 0. The molecule has 0 aliphatic carbocycles. The zero-order valence-electron chi connectivity index (χ0n) is 13.0. The monoisotopic (exact) mass is 305 g/mol. The molecule has 1 saturated heterocycles. The van der Waals surface area contributed by atoms with Crippen LogP contribution in [0, 0.1) is 12.8 Å². The number of likely N-dealkylation sites (tertiary alicyclic amines) is 1. The Bertz CT molecular complexity index is 512. The van der Waals surface area contributed by atoms with E-state index in [0.717, 1.165) is 24.9 Å². The summed E-state index contributed by atoms with van der Waals surface area (Å²) in [5, 5.41) is 8.75. The fraction of sp³-hybridized carbons (Fsp3) is 0.529. The Balaban J connectivity index is 1.78. The van der Waals surface area contributed by atoms with Crippen LogP contribution in [0.15, 0.2) is 24.3 Å². The third kappa shape index (κ3) is 5.06. The number of benzene rings is 1. The molecule has 1 aromatic rings. The van der Waals surface area contributed by atoms with Crippen LogP contribution in [0.5, 0.6) is 5.75 Å². The van der Waals surface area contributed by atoms with Crippen LogP contribution >= 0.6 is 0 Å². The van der Waals surface area contributed by atoms with Gasteiger partial charge in [0.05, 0.1) is 0 Å². The molecular weight excluding hydrogens is 282 g/mol. The standard InChI is InChI=1S/C17H23NO4/c1-13-4-7-15(8-5-13)22-12-16(19)18-10-2-3-14(11-18)6-9-17(20)21/h4-5,7-8,14H,2-3,6,9-12H2,1H3,(H,20,21)/t14-/m1/s1. The van der Waals surface area contributed by atoms with Crippen LogP contribution in [0.25, 0.3) is 0 Å². The van der Waals surface area contributed by atoms with Gasteiger partial charge in [-0.15, -0.1) is 0 Å². The van der Waals surface area contributed by atoms with Gasteiger partial charge in [-0.1, -0.05) is 17.7 Å². The van der Waals surface area contributed by atoms with Crippen molar-refractivity contribution in [1.29, 1.82) is 0 Å². The minimum atomic E-state index is -0.772. The van der Waals surface area contributed by atoms with Gasteiger partial charge in [0.25, 0.3) is 5.91 Å². The fourth-order valence-electron chi connectivity index (χ4n) is 2.73. The summed E-state index contributed by atoms with van der Waals surface area (Å²) in [5.74, 6) is 0.179. The summed E-state index contributed by atoms with van der Waals surface area (Å²) in [6, 6.07) is 7.61. The lowest BCUT2D eigenvalue weighted by molar-refractivity contribution is -0.137. The summed E-state index contributed by atoms with van der Waals surface area (Å²) in [6.07, 6.45) is 2.74. The highest BCUT2D eigenvalue weighted by Crippen LogP contribution is 2.21. The van der Waals surface area contributed by atoms with Crippen molar-refractivity contribution in [2.75, 3.05) is 19.7 Å². The lowest BCUT2D eigenvalue weighted by Crippen LogP contribution is -2.42. The van der Waals surface area contributed by atoms with Crippen LogP contribution in [-0.2, 0) is 9.59 Å². The van der Waals surface area contributed by atoms with E-state index in [-0.39, 0.29) is 24.9 Å². The molecule has 120 valence electrons. The van der Waals surface area contributed by atoms with Crippen molar-refractivity contribution in [3.8, 4) is 5.75 Å². The highest BCUT2D eigenvalue weighted by molar-refractivity contribution is 5.77. The van der Waals surface area contributed by atoms with Gasteiger partial charge in [0.15, 0.2) is 6.61 Å². The lowest BCUT2D eigenvalue weighted by atomic mass is 9.93. The molecular formula is C17H23NO4. The molecule has 0 saturated carbocycles. The third-order valence-electron chi connectivity index (χ3n) is 4.02. The molecule has 1 fully saturated rings. The highest BCUT2D eigenvalue weighted by atomic mass is 16.5. The zero-order chi connectivity index (χ0) is 15.9. The molecule has 0 radical (unpaired) electrons. The average Bonchev–Trinajstić information content (AvgIpc) is 2.52. The second kappa shape index (κ2) is 7.82. The maximum Gasteiger partial charge on any atom is 0.303 e. The largest absolute Gasteiger partial charge is 0.484 e. The minimum Gasteiger partial charge on any atom is -0.484 e. The van der Waals surface area contributed by atoms with Gasteiger partial charge in [-0.2, -0.15) is 0 Å². The number of aliphatic carboxylic acids is 1. The van der Waals surface area contributed by atoms with Gasteiger partial charge in [-0.25, -0.2) is 0 Å². The van der Waals surface area contributed by atoms with E-state index < -0.39 is 5.97 Å². The van der Waals surface area contributed by atoms with E-state index in [1.165, 1.54) is 0 Å². The number of rotatable bonds is 6. The Morgan fingerprint density at radius 2 is 2.05 bits per heavy atom. The number of amides is 1. The van der Waals surface area contributed by atoms with Crippen LogP contribution in [0.1, 0.15) is 31.2 Å². The Morgan fingerprint density at radius 1 is 1.32 bits per heavy atom. The van der Waals surface area contributed by atoms with Crippen molar-refractivity contribution in [1.82, 2.24) is 4.90 Å². The van der Waals surface area contributed by atoms with E-state index in [1.54, 1.807) is 4.90 Å². The first-order chi connectivity index (χ1) is 10.5. The Labute approximate surface area is 130 Å². The number of carbonyl (C=O) groups is 2. The number of carbonyl (C=O) groups excluding carboxylic acids is 1. The Hall–Kier alpha value is -2.04. The molecule has 1 atom stereocenters. The summed E-state index contributed by atoms with van der Waals surface area (Å²) in [7, 11) is 0. The molecule has 1 aliphatic rings. The molecule has 5 nitrogen and oxygen atoms in total. The molecule has 1 heterocycles. The molecule has 0 bridgehead atoms. The minimum absolute atomic E-state index is 0.0272. The Morgan fingerprint density at radius 3 is 2.73 bits per heavy atom. The van der Waals surface area contributed by atoms with Gasteiger partial charge in [0.2, 0.25) is 0 Å². The van der Waals surface area contributed by atoms with E-state index in [4.69, 9.17) is 9.84 Å². The zero-order valence-corrected chi connectivity index (χ0v) is 13.0. The van der Waals surface area contributed by atoms with Gasteiger partial charge in [0.1, 0.15) is 5.75 Å². The number of nitrogens with zero attached hydrogens (tertiary/aromatic N) is 1. The quantitative estimate of drug-likeness (QED) is 0.877. The normalized spacial score (nSPS) is 18.0. The van der Waals surface area contributed by atoms with Crippen molar-refractivity contribution in [2.24, 2.45) is 5.92 Å². The van der Waals surface area contributed by atoms with Crippen molar-refractivity contribution >= 4 is 11.9 Å². The summed E-state index contributed by atoms with van der Waals surface area (Å²) in [6.45, 7) is 3.41. The molecule has 0 aromatic heterocycles. The SMILES string of the molecule is Cc1ccc(OCC(=O)N2CCC[C@H](CCC(=O)O)C2)cc1. The van der Waals surface area contributed by atoms with Crippen molar-refractivity contribution < 1.29 is 19.4 Å². The average molecular weight is 305 g/mol. The predicted molar refractivity (Wildman–Crippen MR) is 82.8 cm³/mol. The lowest BCUT2D eigenvalue weighted by Gasteiger charge is -2.32. The molecule has 2 rings (SSSR count). The first kappa shape index (κ1) is 16.3. The summed E-state index contributed by atoms with van der Waals surface area (Å²) < 4.78 is 5.52. The van der Waals surface area contributed by atoms with E-state index in [0.29, 0.717) is 18.7 Å². The number of hydrogen-bond acceptors (Lipinski definition) is 3. The predicted octanol–water partition coefficient (Wildman–Crippen LogP) is 2.48. The molecule has 0 unspecified atom stereocenters. The van der Waals surface area contributed by atoms with E-state index in [1.807, 2.05) is 31.2 Å². The maximum absolute atomic E-state index is 12.2. The highest BCUT2D eigenvalue weighted by Gasteiger charge is 2.24. The molecule has 5 heteroatoms. The first-order valence-electron chi connectivity index (χ1n) is 7.73.